The summed E-state index contributed by atoms with van der Waals surface area (Å²) < 4.78 is 20.5. The molecule has 0 aliphatic rings. The molecular weight excluding hydrogens is 925 g/mol. The zero-order valence-corrected chi connectivity index (χ0v) is 38.3. The van der Waals surface area contributed by atoms with Crippen LogP contribution < -0.4 is 10.4 Å². The van der Waals surface area contributed by atoms with E-state index in [0.29, 0.717) is 28.6 Å². The lowest BCUT2D eigenvalue weighted by molar-refractivity contribution is -0.177. The van der Waals surface area contributed by atoms with Gasteiger partial charge >= 0.3 is 35.6 Å². The van der Waals surface area contributed by atoms with Gasteiger partial charge in [0.25, 0.3) is 0 Å². The first-order chi connectivity index (χ1) is 29.8. The van der Waals surface area contributed by atoms with E-state index in [9.17, 15) is 39.3 Å². The number of phenols is 2. The van der Waals surface area contributed by atoms with Crippen molar-refractivity contribution in [2.45, 2.75) is 122 Å². The van der Waals surface area contributed by atoms with Crippen molar-refractivity contribution >= 4 is 70.9 Å². The highest BCUT2D eigenvalue weighted by molar-refractivity contribution is 14.0. The van der Waals surface area contributed by atoms with Gasteiger partial charge < -0.3 is 39.1 Å². The number of fused-ring (bicyclic) bond motifs is 1. The van der Waals surface area contributed by atoms with Crippen LogP contribution in [-0.4, -0.2) is 68.1 Å². The fraction of sp³-hybridized carbons (Fsp3) is 0.417. The topological polar surface area (TPSA) is 220 Å². The molecular formula is C48H60INO13. The Balaban J connectivity index is 0.000000430. The second kappa shape index (κ2) is 30.4. The number of aryl methyl sites for hydroxylation is 1. The molecule has 0 radical (unpaired) electrons. The number of hydrogen-bond acceptors (Lipinski definition) is 12. The van der Waals surface area contributed by atoms with Crippen LogP contribution in [-0.2, 0) is 28.7 Å². The number of aliphatic carboxylic acids is 2. The van der Waals surface area contributed by atoms with Crippen molar-refractivity contribution in [2.75, 3.05) is 6.61 Å². The lowest BCUT2D eigenvalue weighted by Gasteiger charge is -2.21. The first kappa shape index (κ1) is 53.4. The van der Waals surface area contributed by atoms with Crippen LogP contribution >= 0.6 is 24.0 Å². The molecule has 63 heavy (non-hydrogen) atoms. The molecule has 0 bridgehead atoms. The van der Waals surface area contributed by atoms with Gasteiger partial charge in [-0.15, -0.1) is 24.0 Å². The number of aromatic hydroxyl groups is 2. The molecule has 4 N–H and O–H groups in total. The van der Waals surface area contributed by atoms with E-state index in [-0.39, 0.29) is 47.2 Å². The summed E-state index contributed by atoms with van der Waals surface area (Å²) in [5.74, 6) is -5.32. The maximum absolute atomic E-state index is 12.1. The monoisotopic (exact) mass is 985 g/mol. The lowest BCUT2D eigenvalue weighted by Crippen LogP contribution is -2.42. The van der Waals surface area contributed by atoms with Gasteiger partial charge in [0.05, 0.1) is 23.9 Å². The van der Waals surface area contributed by atoms with Crippen LogP contribution in [0.25, 0.3) is 23.1 Å². The summed E-state index contributed by atoms with van der Waals surface area (Å²) in [5, 5.41) is 37.5. The van der Waals surface area contributed by atoms with Crippen LogP contribution in [0.3, 0.4) is 0 Å². The Morgan fingerprint density at radius 3 is 1.63 bits per heavy atom. The molecule has 342 valence electrons. The Hall–Kier alpha value is -5.71. The first-order valence-corrected chi connectivity index (χ1v) is 21.2. The molecule has 2 atom stereocenters. The van der Waals surface area contributed by atoms with Crippen molar-refractivity contribution < 1.29 is 58.2 Å². The summed E-state index contributed by atoms with van der Waals surface area (Å²) in [6.45, 7) is 4.76. The standard InChI is InChI=1S/C25H39NO3.C23H20O10.HI/c1-3-4-5-6-7-8-9-10-11-12-13-14-15-16-19-28-25-26-23-18-17-21(2)20-22(23)24(27)29-25;24-16-7-1-14(2-8-16)5-11-20(28)32-18(13-19(26)27)22(23(30)31)33-21(29)12-6-15-3-9-17(25)10-4-15;/h17-18,20H,3-16,19H2,1-2H3;1-12,18,22,24-25H,13H2,(H,26,27)(H,30,31);1H/b;11-5+,12-6+;/t;18-,22+;/m.0./s1. The molecule has 0 fully saturated rings. The fourth-order valence-electron chi connectivity index (χ4n) is 6.20. The second-order valence-electron chi connectivity index (χ2n) is 14.9. The Labute approximate surface area is 385 Å². The van der Waals surface area contributed by atoms with Gasteiger partial charge in [-0.2, -0.15) is 4.98 Å². The van der Waals surface area contributed by atoms with E-state index in [1.54, 1.807) is 6.07 Å². The number of carbonyl (C=O) groups is 4. The van der Waals surface area contributed by atoms with Crippen LogP contribution in [0.2, 0.25) is 0 Å². The normalized spacial score (nSPS) is 11.9. The fourth-order valence-corrected chi connectivity index (χ4v) is 6.20. The predicted molar refractivity (Wildman–Crippen MR) is 250 cm³/mol. The number of esters is 2. The number of nitrogens with zero attached hydrogens (tertiary/aromatic N) is 1. The maximum Gasteiger partial charge on any atom is 0.397 e. The number of carboxylic acid groups (broad SMARTS) is 2. The highest BCUT2D eigenvalue weighted by Gasteiger charge is 2.36. The van der Waals surface area contributed by atoms with E-state index >= 15 is 0 Å². The quantitative estimate of drug-likeness (QED) is 0.0199. The molecule has 0 aliphatic heterocycles. The number of hydrogen-bond donors (Lipinski definition) is 4. The SMILES string of the molecule is CCCCCCCCCCCCCCCCOc1nc2ccc(C)cc2c(=O)o1.I.O=C(O)C[C@H](OC(=O)/C=C/c1ccc(O)cc1)[C@@H](OC(=O)/C=C/c1ccc(O)cc1)C(=O)O. The van der Waals surface area contributed by atoms with Crippen molar-refractivity contribution in [2.24, 2.45) is 0 Å². The molecule has 0 saturated carbocycles. The van der Waals surface area contributed by atoms with Crippen LogP contribution in [0.15, 0.2) is 88.1 Å². The lowest BCUT2D eigenvalue weighted by atomic mass is 10.0. The minimum Gasteiger partial charge on any atom is -0.508 e. The molecule has 15 heteroatoms. The van der Waals surface area contributed by atoms with Gasteiger partial charge in [-0.25, -0.2) is 19.2 Å². The number of phenolic OH excluding ortho intramolecular Hbond substituents is 2. The average Bonchev–Trinajstić information content (AvgIpc) is 3.24. The summed E-state index contributed by atoms with van der Waals surface area (Å²) in [7, 11) is 0. The Morgan fingerprint density at radius 2 is 1.16 bits per heavy atom. The van der Waals surface area contributed by atoms with Crippen molar-refractivity contribution in [3.8, 4) is 17.6 Å². The highest BCUT2D eigenvalue weighted by atomic mass is 127. The Kier molecular flexibility index (Phi) is 25.7. The molecule has 0 aliphatic carbocycles. The molecule has 0 amide bonds. The Morgan fingerprint density at radius 1 is 0.683 bits per heavy atom. The number of halogens is 1. The number of rotatable bonds is 26. The van der Waals surface area contributed by atoms with E-state index in [2.05, 4.69) is 11.9 Å². The molecule has 0 spiro atoms. The Bertz CT molecular complexity index is 2110. The summed E-state index contributed by atoms with van der Waals surface area (Å²) in [5.41, 5.74) is 2.28. The smallest absolute Gasteiger partial charge is 0.397 e. The third-order valence-corrected chi connectivity index (χ3v) is 9.56. The van der Waals surface area contributed by atoms with E-state index < -0.39 is 42.5 Å². The van der Waals surface area contributed by atoms with Crippen LogP contribution in [0, 0.1) is 6.92 Å². The summed E-state index contributed by atoms with van der Waals surface area (Å²) in [6.07, 6.45) is 18.3. The number of unbranched alkanes of at least 4 members (excludes halogenated alkanes) is 13. The molecule has 0 unspecified atom stereocenters. The summed E-state index contributed by atoms with van der Waals surface area (Å²) in [4.78, 5) is 63.3. The predicted octanol–water partition coefficient (Wildman–Crippen LogP) is 10.2. The van der Waals surface area contributed by atoms with Crippen molar-refractivity contribution in [1.29, 1.82) is 0 Å². The van der Waals surface area contributed by atoms with E-state index in [0.717, 1.165) is 30.6 Å². The molecule has 4 aromatic rings. The zero-order chi connectivity index (χ0) is 45.1. The largest absolute Gasteiger partial charge is 0.508 e. The number of benzene rings is 3. The van der Waals surface area contributed by atoms with Gasteiger partial charge in [0.1, 0.15) is 11.5 Å². The van der Waals surface area contributed by atoms with Gasteiger partial charge in [0.15, 0.2) is 6.10 Å². The van der Waals surface area contributed by atoms with Crippen LogP contribution in [0.5, 0.6) is 17.6 Å². The molecule has 14 nitrogen and oxygen atoms in total. The van der Waals surface area contributed by atoms with Crippen molar-refractivity contribution in [3.63, 3.8) is 0 Å². The first-order valence-electron chi connectivity index (χ1n) is 21.2. The molecule has 4 rings (SSSR count). The van der Waals surface area contributed by atoms with Crippen LogP contribution in [0.4, 0.5) is 0 Å². The summed E-state index contributed by atoms with van der Waals surface area (Å²) in [6, 6.07) is 17.0. The zero-order valence-electron chi connectivity index (χ0n) is 35.9. The van der Waals surface area contributed by atoms with E-state index in [1.165, 1.54) is 138 Å². The molecule has 1 aromatic heterocycles. The van der Waals surface area contributed by atoms with Crippen molar-refractivity contribution in [1.82, 2.24) is 4.98 Å². The molecule has 3 aromatic carbocycles. The van der Waals surface area contributed by atoms with Gasteiger partial charge in [-0.1, -0.05) is 126 Å². The minimum atomic E-state index is -2.08. The minimum absolute atomic E-state index is 0. The number of aromatic nitrogens is 1. The second-order valence-corrected chi connectivity index (χ2v) is 14.9. The van der Waals surface area contributed by atoms with E-state index in [4.69, 9.17) is 23.7 Å². The third-order valence-electron chi connectivity index (χ3n) is 9.56. The van der Waals surface area contributed by atoms with Crippen molar-refractivity contribution in [3.05, 3.63) is 106 Å². The van der Waals surface area contributed by atoms with Gasteiger partial charge in [0, 0.05) is 12.2 Å². The average molecular weight is 986 g/mol. The van der Waals surface area contributed by atoms with Gasteiger partial charge in [-0.3, -0.25) is 4.79 Å². The van der Waals surface area contributed by atoms with E-state index in [1.807, 2.05) is 19.1 Å². The number of ether oxygens (including phenoxy) is 3. The van der Waals surface area contributed by atoms with Crippen LogP contribution in [0.1, 0.15) is 120 Å². The van der Waals surface area contributed by atoms with Gasteiger partial charge in [-0.05, 0) is 73.0 Å². The highest BCUT2D eigenvalue weighted by Crippen LogP contribution is 2.18. The summed E-state index contributed by atoms with van der Waals surface area (Å²) >= 11 is 0. The molecule has 1 heterocycles. The third kappa shape index (κ3) is 22.3. The molecule has 0 saturated heterocycles. The number of carbonyl (C=O) groups excluding carboxylic acids is 2. The maximum atomic E-state index is 12.1. The number of carboxylic acids is 2. The van der Waals surface area contributed by atoms with Gasteiger partial charge in [0.2, 0.25) is 6.10 Å².